The topological polar surface area (TPSA) is 17.1 Å². The van der Waals surface area contributed by atoms with Crippen LogP contribution in [0.15, 0.2) is 11.6 Å². The molecular formula is C10H14O. The van der Waals surface area contributed by atoms with Crippen molar-refractivity contribution in [1.82, 2.24) is 0 Å². The van der Waals surface area contributed by atoms with E-state index in [1.807, 2.05) is 6.08 Å². The molecule has 0 saturated heterocycles. The highest BCUT2D eigenvalue weighted by atomic mass is 16.1. The van der Waals surface area contributed by atoms with E-state index in [2.05, 4.69) is 13.8 Å². The minimum atomic E-state index is 0.348. The number of carbonyl (C=O) groups is 1. The number of hydrogen-bond acceptors (Lipinski definition) is 1. The van der Waals surface area contributed by atoms with Crippen LogP contribution in [0, 0.1) is 11.3 Å². The average molecular weight is 150 g/mol. The van der Waals surface area contributed by atoms with Crippen LogP contribution in [0.3, 0.4) is 0 Å². The van der Waals surface area contributed by atoms with Gasteiger partial charge in [0.1, 0.15) is 0 Å². The van der Waals surface area contributed by atoms with Gasteiger partial charge in [0.15, 0.2) is 5.78 Å². The fourth-order valence-corrected chi connectivity index (χ4v) is 2.45. The minimum Gasteiger partial charge on any atom is -0.295 e. The lowest BCUT2D eigenvalue weighted by molar-refractivity contribution is -0.114. The Balaban J connectivity index is 2.24. The zero-order valence-corrected chi connectivity index (χ0v) is 7.18. The third-order valence-electron chi connectivity index (χ3n) is 2.80. The Morgan fingerprint density at radius 1 is 1.55 bits per heavy atom. The first-order valence-corrected chi connectivity index (χ1v) is 4.30. The SMILES string of the molecule is CC1(C)CC2=CC(=O)CC2C1. The van der Waals surface area contributed by atoms with Crippen molar-refractivity contribution in [3.05, 3.63) is 11.6 Å². The minimum absolute atomic E-state index is 0.348. The van der Waals surface area contributed by atoms with E-state index < -0.39 is 0 Å². The van der Waals surface area contributed by atoms with Crippen LogP contribution in [0.2, 0.25) is 0 Å². The zero-order chi connectivity index (χ0) is 8.06. The Morgan fingerprint density at radius 3 is 2.91 bits per heavy atom. The third-order valence-corrected chi connectivity index (χ3v) is 2.80. The van der Waals surface area contributed by atoms with Gasteiger partial charge in [0.2, 0.25) is 0 Å². The normalized spacial score (nSPS) is 33.8. The van der Waals surface area contributed by atoms with Crippen molar-refractivity contribution >= 4 is 5.78 Å². The van der Waals surface area contributed by atoms with Gasteiger partial charge in [-0.3, -0.25) is 4.79 Å². The predicted octanol–water partition coefficient (Wildman–Crippen LogP) is 2.32. The molecule has 0 N–H and O–H groups in total. The van der Waals surface area contributed by atoms with Crippen molar-refractivity contribution in [1.29, 1.82) is 0 Å². The maximum atomic E-state index is 11.0. The lowest BCUT2D eigenvalue weighted by Crippen LogP contribution is -2.06. The largest absolute Gasteiger partial charge is 0.295 e. The van der Waals surface area contributed by atoms with Crippen LogP contribution < -0.4 is 0 Å². The Bertz CT molecular complexity index is 235. The van der Waals surface area contributed by atoms with Gasteiger partial charge in [0, 0.05) is 6.42 Å². The maximum Gasteiger partial charge on any atom is 0.156 e. The molecule has 0 aromatic heterocycles. The monoisotopic (exact) mass is 150 g/mol. The number of hydrogen-bond donors (Lipinski definition) is 0. The average Bonchev–Trinajstić information content (AvgIpc) is 2.17. The summed E-state index contributed by atoms with van der Waals surface area (Å²) in [4.78, 5) is 11.0. The molecule has 0 aromatic rings. The molecule has 0 aliphatic heterocycles. The summed E-state index contributed by atoms with van der Waals surface area (Å²) in [6.07, 6.45) is 5.02. The molecule has 0 radical (unpaired) electrons. The van der Waals surface area contributed by atoms with E-state index >= 15 is 0 Å². The van der Waals surface area contributed by atoms with Crippen LogP contribution in [0.5, 0.6) is 0 Å². The first-order chi connectivity index (χ1) is 5.07. The quantitative estimate of drug-likeness (QED) is 0.518. The summed E-state index contributed by atoms with van der Waals surface area (Å²) in [7, 11) is 0. The molecule has 0 heterocycles. The van der Waals surface area contributed by atoms with Crippen molar-refractivity contribution in [2.45, 2.75) is 33.1 Å². The number of fused-ring (bicyclic) bond motifs is 1. The maximum absolute atomic E-state index is 11.0. The molecule has 11 heavy (non-hydrogen) atoms. The number of carbonyl (C=O) groups excluding carboxylic acids is 1. The summed E-state index contributed by atoms with van der Waals surface area (Å²) in [5.74, 6) is 0.956. The number of rotatable bonds is 0. The van der Waals surface area contributed by atoms with Crippen molar-refractivity contribution in [2.24, 2.45) is 11.3 Å². The second-order valence-corrected chi connectivity index (χ2v) is 4.63. The first-order valence-electron chi connectivity index (χ1n) is 4.30. The summed E-state index contributed by atoms with van der Waals surface area (Å²) in [6, 6.07) is 0. The van der Waals surface area contributed by atoms with Gasteiger partial charge in [-0.1, -0.05) is 19.4 Å². The fourth-order valence-electron chi connectivity index (χ4n) is 2.45. The van der Waals surface area contributed by atoms with Gasteiger partial charge in [0.05, 0.1) is 0 Å². The molecule has 0 spiro atoms. The van der Waals surface area contributed by atoms with Crippen LogP contribution >= 0.6 is 0 Å². The Kier molecular flexibility index (Phi) is 1.26. The fraction of sp³-hybridized carbons (Fsp3) is 0.700. The molecular weight excluding hydrogens is 136 g/mol. The van der Waals surface area contributed by atoms with E-state index in [1.165, 1.54) is 12.0 Å². The van der Waals surface area contributed by atoms with Crippen molar-refractivity contribution in [2.75, 3.05) is 0 Å². The van der Waals surface area contributed by atoms with Crippen LogP contribution in [0.25, 0.3) is 0 Å². The molecule has 1 unspecified atom stereocenters. The van der Waals surface area contributed by atoms with Gasteiger partial charge >= 0.3 is 0 Å². The van der Waals surface area contributed by atoms with Crippen LogP contribution in [-0.4, -0.2) is 5.78 Å². The van der Waals surface area contributed by atoms with E-state index in [0.29, 0.717) is 17.1 Å². The van der Waals surface area contributed by atoms with Gasteiger partial charge in [-0.2, -0.15) is 0 Å². The van der Waals surface area contributed by atoms with E-state index in [9.17, 15) is 4.79 Å². The molecule has 0 aromatic carbocycles. The van der Waals surface area contributed by atoms with Crippen LogP contribution in [0.1, 0.15) is 33.1 Å². The summed E-state index contributed by atoms with van der Waals surface area (Å²) < 4.78 is 0. The molecule has 1 heteroatoms. The van der Waals surface area contributed by atoms with Crippen LogP contribution in [-0.2, 0) is 4.79 Å². The lowest BCUT2D eigenvalue weighted by Gasteiger charge is -2.15. The molecule has 60 valence electrons. The van der Waals surface area contributed by atoms with E-state index in [1.54, 1.807) is 0 Å². The molecule has 2 rings (SSSR count). The van der Waals surface area contributed by atoms with Gasteiger partial charge in [-0.05, 0) is 30.3 Å². The molecule has 1 nitrogen and oxygen atoms in total. The highest BCUT2D eigenvalue weighted by Gasteiger charge is 2.38. The Hall–Kier alpha value is -0.590. The van der Waals surface area contributed by atoms with Gasteiger partial charge < -0.3 is 0 Å². The van der Waals surface area contributed by atoms with Gasteiger partial charge in [0.25, 0.3) is 0 Å². The summed E-state index contributed by atoms with van der Waals surface area (Å²) in [5, 5.41) is 0. The highest BCUT2D eigenvalue weighted by Crippen LogP contribution is 2.48. The zero-order valence-electron chi connectivity index (χ0n) is 7.18. The highest BCUT2D eigenvalue weighted by molar-refractivity contribution is 5.93. The summed E-state index contributed by atoms with van der Waals surface area (Å²) >= 11 is 0. The molecule has 0 amide bonds. The van der Waals surface area contributed by atoms with Gasteiger partial charge in [-0.25, -0.2) is 0 Å². The third kappa shape index (κ3) is 1.13. The van der Waals surface area contributed by atoms with E-state index in [0.717, 1.165) is 12.8 Å². The van der Waals surface area contributed by atoms with Crippen molar-refractivity contribution in [3.8, 4) is 0 Å². The molecule has 2 aliphatic rings. The van der Waals surface area contributed by atoms with Crippen molar-refractivity contribution in [3.63, 3.8) is 0 Å². The lowest BCUT2D eigenvalue weighted by atomic mass is 9.89. The molecule has 2 aliphatic carbocycles. The summed E-state index contributed by atoms with van der Waals surface area (Å²) in [6.45, 7) is 4.58. The van der Waals surface area contributed by atoms with Crippen molar-refractivity contribution < 1.29 is 4.79 Å². The van der Waals surface area contributed by atoms with Crippen LogP contribution in [0.4, 0.5) is 0 Å². The smallest absolute Gasteiger partial charge is 0.156 e. The van der Waals surface area contributed by atoms with E-state index in [-0.39, 0.29) is 0 Å². The second-order valence-electron chi connectivity index (χ2n) is 4.63. The van der Waals surface area contributed by atoms with E-state index in [4.69, 9.17) is 0 Å². The second kappa shape index (κ2) is 1.96. The standard InChI is InChI=1S/C10H14O/c1-10(2)5-7-3-9(11)4-8(7)6-10/h3,8H,4-6H2,1-2H3. The Labute approximate surface area is 67.5 Å². The molecule has 1 fully saturated rings. The Morgan fingerprint density at radius 2 is 2.27 bits per heavy atom. The summed E-state index contributed by atoms with van der Waals surface area (Å²) in [5.41, 5.74) is 1.87. The predicted molar refractivity (Wildman–Crippen MR) is 44.2 cm³/mol. The van der Waals surface area contributed by atoms with Gasteiger partial charge in [-0.15, -0.1) is 0 Å². The first kappa shape index (κ1) is 7.08. The molecule has 0 bridgehead atoms. The molecule has 1 saturated carbocycles. The number of ketones is 1. The number of allylic oxidation sites excluding steroid dienone is 2. The molecule has 1 atom stereocenters.